The number of hydrogen-bond acceptors (Lipinski definition) is 2. The zero-order chi connectivity index (χ0) is 13.9. The quantitative estimate of drug-likeness (QED) is 0.751. The predicted octanol–water partition coefficient (Wildman–Crippen LogP) is 3.81. The summed E-state index contributed by atoms with van der Waals surface area (Å²) in [4.78, 5) is 0. The summed E-state index contributed by atoms with van der Waals surface area (Å²) in [5.74, 6) is 0.468. The molecule has 3 rings (SSSR count). The fourth-order valence-corrected chi connectivity index (χ4v) is 3.00. The topological polar surface area (TPSA) is 18.5 Å². The van der Waals surface area contributed by atoms with E-state index in [0.29, 0.717) is 5.82 Å². The molecule has 1 unspecified atom stereocenters. The molecule has 1 aromatic carbocycles. The third-order valence-electron chi connectivity index (χ3n) is 5.34. The molecule has 1 aliphatic carbocycles. The van der Waals surface area contributed by atoms with E-state index in [9.17, 15) is 0 Å². The van der Waals surface area contributed by atoms with Gasteiger partial charge in [0, 0.05) is 5.82 Å². The largest absolute Gasteiger partial charge is 0.462 e. The number of benzene rings is 1. The van der Waals surface area contributed by atoms with Crippen molar-refractivity contribution in [1.82, 2.24) is 0 Å². The van der Waals surface area contributed by atoms with Gasteiger partial charge in [-0.15, -0.1) is 0 Å². The van der Waals surface area contributed by atoms with Gasteiger partial charge in [0.15, 0.2) is 0 Å². The lowest BCUT2D eigenvalue weighted by Gasteiger charge is -2.32. The third kappa shape index (κ3) is 1.95. The summed E-state index contributed by atoms with van der Waals surface area (Å²) in [6.07, 6.45) is 1.15. The highest BCUT2D eigenvalue weighted by molar-refractivity contribution is 6.49. The predicted molar refractivity (Wildman–Crippen MR) is 78.2 cm³/mol. The van der Waals surface area contributed by atoms with Crippen molar-refractivity contribution >= 4 is 7.12 Å². The van der Waals surface area contributed by atoms with E-state index in [1.807, 2.05) is 0 Å². The van der Waals surface area contributed by atoms with Crippen molar-refractivity contribution in [3.63, 3.8) is 0 Å². The van der Waals surface area contributed by atoms with Crippen molar-refractivity contribution < 1.29 is 9.31 Å². The van der Waals surface area contributed by atoms with E-state index in [4.69, 9.17) is 9.31 Å². The molecular weight excluding hydrogens is 235 g/mol. The maximum absolute atomic E-state index is 6.18. The maximum atomic E-state index is 6.18. The van der Waals surface area contributed by atoms with Gasteiger partial charge in [-0.2, -0.15) is 0 Å². The highest BCUT2D eigenvalue weighted by Crippen LogP contribution is 2.62. The molecule has 2 fully saturated rings. The van der Waals surface area contributed by atoms with Gasteiger partial charge in [-0.1, -0.05) is 37.3 Å². The van der Waals surface area contributed by atoms with Crippen LogP contribution < -0.4 is 0 Å². The Bertz CT molecular complexity index is 467. The van der Waals surface area contributed by atoms with E-state index in [-0.39, 0.29) is 23.7 Å². The van der Waals surface area contributed by atoms with Crippen LogP contribution in [0.2, 0.25) is 5.82 Å². The summed E-state index contributed by atoms with van der Waals surface area (Å²) in [5, 5.41) is 0. The molecule has 1 saturated heterocycles. The van der Waals surface area contributed by atoms with Crippen LogP contribution in [0.15, 0.2) is 30.3 Å². The molecule has 1 aliphatic heterocycles. The first-order chi connectivity index (χ1) is 8.76. The van der Waals surface area contributed by atoms with Crippen LogP contribution in [0.25, 0.3) is 0 Å². The average Bonchev–Trinajstić information content (AvgIpc) is 2.97. The molecular formula is C16H23BO2. The molecule has 0 N–H and O–H groups in total. The minimum absolute atomic E-state index is 0.0739. The minimum atomic E-state index is -0.224. The molecule has 0 radical (unpaired) electrons. The highest BCUT2D eigenvalue weighted by atomic mass is 16.7. The van der Waals surface area contributed by atoms with Gasteiger partial charge in [0.2, 0.25) is 0 Å². The van der Waals surface area contributed by atoms with Gasteiger partial charge in [0.05, 0.1) is 11.2 Å². The first-order valence-corrected chi connectivity index (χ1v) is 7.17. The van der Waals surface area contributed by atoms with E-state index < -0.39 is 0 Å². The summed E-state index contributed by atoms with van der Waals surface area (Å²) in [5.41, 5.74) is 1.16. The standard InChI is InChI=1S/C16H23BO2/c1-14(2)15(3,4)19-17(18-14)13-11-16(13,5)12-9-7-6-8-10-12/h6-10,13H,11H2,1-5H3/t13?,16-/m0/s1. The number of hydrogen-bond donors (Lipinski definition) is 0. The minimum Gasteiger partial charge on any atom is -0.403 e. The Balaban J connectivity index is 1.78. The zero-order valence-corrected chi connectivity index (χ0v) is 12.6. The second-order valence-electron chi connectivity index (χ2n) is 7.22. The Morgan fingerprint density at radius 2 is 1.47 bits per heavy atom. The molecule has 0 aromatic heterocycles. The molecule has 1 heterocycles. The lowest BCUT2D eigenvalue weighted by Crippen LogP contribution is -2.41. The first kappa shape index (κ1) is 13.2. The molecule has 2 atom stereocenters. The monoisotopic (exact) mass is 258 g/mol. The summed E-state index contributed by atoms with van der Waals surface area (Å²) >= 11 is 0. The number of rotatable bonds is 2. The van der Waals surface area contributed by atoms with Crippen molar-refractivity contribution in [2.75, 3.05) is 0 Å². The second-order valence-corrected chi connectivity index (χ2v) is 7.22. The van der Waals surface area contributed by atoms with Crippen molar-refractivity contribution in [3.05, 3.63) is 35.9 Å². The van der Waals surface area contributed by atoms with Gasteiger partial charge >= 0.3 is 7.12 Å². The van der Waals surface area contributed by atoms with E-state index in [2.05, 4.69) is 65.0 Å². The molecule has 2 nitrogen and oxygen atoms in total. The lowest BCUT2D eigenvalue weighted by atomic mass is 9.75. The van der Waals surface area contributed by atoms with Gasteiger partial charge in [-0.25, -0.2) is 0 Å². The fourth-order valence-electron chi connectivity index (χ4n) is 3.00. The van der Waals surface area contributed by atoms with Crippen molar-refractivity contribution in [3.8, 4) is 0 Å². The molecule has 3 heteroatoms. The molecule has 0 bridgehead atoms. The molecule has 1 saturated carbocycles. The Morgan fingerprint density at radius 1 is 0.947 bits per heavy atom. The van der Waals surface area contributed by atoms with E-state index in [0.717, 1.165) is 6.42 Å². The molecule has 0 amide bonds. The smallest absolute Gasteiger partial charge is 0.403 e. The third-order valence-corrected chi connectivity index (χ3v) is 5.34. The van der Waals surface area contributed by atoms with Gasteiger partial charge in [-0.05, 0) is 45.1 Å². The normalized spacial score (nSPS) is 35.4. The van der Waals surface area contributed by atoms with E-state index >= 15 is 0 Å². The van der Waals surface area contributed by atoms with Crippen LogP contribution in [0, 0.1) is 0 Å². The van der Waals surface area contributed by atoms with Gasteiger partial charge in [-0.3, -0.25) is 0 Å². The van der Waals surface area contributed by atoms with Crippen molar-refractivity contribution in [2.24, 2.45) is 0 Å². The summed E-state index contributed by atoms with van der Waals surface area (Å²) in [6.45, 7) is 10.8. The molecule has 0 spiro atoms. The molecule has 19 heavy (non-hydrogen) atoms. The molecule has 2 aliphatic rings. The lowest BCUT2D eigenvalue weighted by molar-refractivity contribution is 0.00578. The van der Waals surface area contributed by atoms with E-state index in [1.54, 1.807) is 0 Å². The van der Waals surface area contributed by atoms with Crippen LogP contribution in [0.1, 0.15) is 46.6 Å². The Hall–Kier alpha value is -0.795. The Labute approximate surface area is 116 Å². The summed E-state index contributed by atoms with van der Waals surface area (Å²) in [7, 11) is -0.0739. The maximum Gasteiger partial charge on any atom is 0.462 e. The van der Waals surface area contributed by atoms with Gasteiger partial charge < -0.3 is 9.31 Å². The average molecular weight is 258 g/mol. The van der Waals surface area contributed by atoms with E-state index in [1.165, 1.54) is 5.56 Å². The molecule has 102 valence electrons. The summed E-state index contributed by atoms with van der Waals surface area (Å²) < 4.78 is 12.4. The van der Waals surface area contributed by atoms with Crippen molar-refractivity contribution in [2.45, 2.75) is 63.5 Å². The van der Waals surface area contributed by atoms with Crippen molar-refractivity contribution in [1.29, 1.82) is 0 Å². The summed E-state index contributed by atoms with van der Waals surface area (Å²) in [6, 6.07) is 10.7. The second kappa shape index (κ2) is 3.86. The highest BCUT2D eigenvalue weighted by Gasteiger charge is 2.65. The zero-order valence-electron chi connectivity index (χ0n) is 12.6. The molecule has 1 aromatic rings. The SMILES string of the molecule is CC1(C)OB(C2C[C@@]2(C)c2ccccc2)OC1(C)C. The van der Waals surface area contributed by atoms with Gasteiger partial charge in [0.1, 0.15) is 0 Å². The Kier molecular flexibility index (Phi) is 2.68. The van der Waals surface area contributed by atoms with Crippen LogP contribution in [-0.4, -0.2) is 18.3 Å². The van der Waals surface area contributed by atoms with Crippen LogP contribution in [0.5, 0.6) is 0 Å². The van der Waals surface area contributed by atoms with Crippen LogP contribution in [-0.2, 0) is 14.7 Å². The first-order valence-electron chi connectivity index (χ1n) is 7.17. The van der Waals surface area contributed by atoms with Crippen LogP contribution in [0.4, 0.5) is 0 Å². The van der Waals surface area contributed by atoms with Crippen LogP contribution in [0.3, 0.4) is 0 Å². The van der Waals surface area contributed by atoms with Crippen LogP contribution >= 0.6 is 0 Å². The Morgan fingerprint density at radius 3 is 2.00 bits per heavy atom. The van der Waals surface area contributed by atoms with Gasteiger partial charge in [0.25, 0.3) is 0 Å². The fraction of sp³-hybridized carbons (Fsp3) is 0.625.